The first-order valence-corrected chi connectivity index (χ1v) is 5.67. The molecule has 0 bridgehead atoms. The Morgan fingerprint density at radius 3 is 2.94 bits per heavy atom. The van der Waals surface area contributed by atoms with E-state index in [-0.39, 0.29) is 5.91 Å². The standard InChI is InChI=1S/C10H9IN4O/c1-6-2-3-7(4-8(6)11)9(16)14-10-12-5-13-15-10/h2-5H,1H3,(H2,12,13,14,15,16). The number of anilines is 1. The van der Waals surface area contributed by atoms with Gasteiger partial charge in [0, 0.05) is 9.13 Å². The number of H-pyrrole nitrogens is 1. The predicted molar refractivity (Wildman–Crippen MR) is 68.2 cm³/mol. The monoisotopic (exact) mass is 328 g/mol. The molecule has 0 saturated carbocycles. The summed E-state index contributed by atoms with van der Waals surface area (Å²) in [7, 11) is 0. The van der Waals surface area contributed by atoms with Crippen LogP contribution in [0.1, 0.15) is 15.9 Å². The van der Waals surface area contributed by atoms with Crippen molar-refractivity contribution in [1.29, 1.82) is 0 Å². The number of rotatable bonds is 2. The molecule has 1 amide bonds. The molecule has 0 saturated heterocycles. The largest absolute Gasteiger partial charge is 0.291 e. The highest BCUT2D eigenvalue weighted by atomic mass is 127. The normalized spacial score (nSPS) is 10.1. The van der Waals surface area contributed by atoms with E-state index >= 15 is 0 Å². The summed E-state index contributed by atoms with van der Waals surface area (Å²) in [5.74, 6) is 0.148. The minimum absolute atomic E-state index is 0.199. The molecule has 0 unspecified atom stereocenters. The second-order valence-corrected chi connectivity index (χ2v) is 4.41. The van der Waals surface area contributed by atoms with Crippen LogP contribution in [0, 0.1) is 10.5 Å². The van der Waals surface area contributed by atoms with Gasteiger partial charge in [-0.25, -0.2) is 5.10 Å². The fourth-order valence-electron chi connectivity index (χ4n) is 1.18. The van der Waals surface area contributed by atoms with Crippen molar-refractivity contribution in [3.05, 3.63) is 39.2 Å². The number of hydrogen-bond donors (Lipinski definition) is 2. The van der Waals surface area contributed by atoms with Crippen molar-refractivity contribution in [3.63, 3.8) is 0 Å². The predicted octanol–water partition coefficient (Wildman–Crippen LogP) is 1.97. The number of aryl methyl sites for hydroxylation is 1. The number of amides is 1. The Kier molecular flexibility index (Phi) is 3.18. The minimum Gasteiger partial charge on any atom is -0.291 e. The smallest absolute Gasteiger partial charge is 0.258 e. The van der Waals surface area contributed by atoms with Gasteiger partial charge in [0.25, 0.3) is 5.91 Å². The van der Waals surface area contributed by atoms with E-state index in [2.05, 4.69) is 43.1 Å². The summed E-state index contributed by atoms with van der Waals surface area (Å²) in [5.41, 5.74) is 1.75. The van der Waals surface area contributed by atoms with E-state index < -0.39 is 0 Å². The van der Waals surface area contributed by atoms with Crippen molar-refractivity contribution in [1.82, 2.24) is 15.2 Å². The third-order valence-corrected chi connectivity index (χ3v) is 3.24. The highest BCUT2D eigenvalue weighted by Gasteiger charge is 2.08. The summed E-state index contributed by atoms with van der Waals surface area (Å²) >= 11 is 2.20. The van der Waals surface area contributed by atoms with Gasteiger partial charge in [-0.15, -0.1) is 0 Å². The third kappa shape index (κ3) is 2.38. The average Bonchev–Trinajstić information content (AvgIpc) is 2.74. The fraction of sp³-hybridized carbons (Fsp3) is 0.100. The summed E-state index contributed by atoms with van der Waals surface area (Å²) in [4.78, 5) is 15.6. The van der Waals surface area contributed by atoms with Crippen molar-refractivity contribution < 1.29 is 4.79 Å². The van der Waals surface area contributed by atoms with E-state index in [1.165, 1.54) is 6.33 Å². The Balaban J connectivity index is 2.18. The third-order valence-electron chi connectivity index (χ3n) is 2.08. The molecule has 6 heteroatoms. The first-order chi connectivity index (χ1) is 7.66. The van der Waals surface area contributed by atoms with E-state index in [1.807, 2.05) is 19.1 Å². The van der Waals surface area contributed by atoms with Gasteiger partial charge in [0.2, 0.25) is 5.95 Å². The van der Waals surface area contributed by atoms with Gasteiger partial charge in [-0.05, 0) is 47.2 Å². The van der Waals surface area contributed by atoms with Crippen LogP contribution >= 0.6 is 22.6 Å². The molecule has 82 valence electrons. The van der Waals surface area contributed by atoms with Crippen molar-refractivity contribution >= 4 is 34.4 Å². The lowest BCUT2D eigenvalue weighted by Gasteiger charge is -2.03. The van der Waals surface area contributed by atoms with Crippen molar-refractivity contribution in [2.45, 2.75) is 6.92 Å². The fourth-order valence-corrected chi connectivity index (χ4v) is 1.69. The molecular formula is C10H9IN4O. The molecule has 1 aromatic carbocycles. The van der Waals surface area contributed by atoms with E-state index in [9.17, 15) is 4.79 Å². The lowest BCUT2D eigenvalue weighted by molar-refractivity contribution is 0.102. The number of nitrogens with zero attached hydrogens (tertiary/aromatic N) is 2. The minimum atomic E-state index is -0.199. The van der Waals surface area contributed by atoms with Gasteiger partial charge in [-0.3, -0.25) is 10.1 Å². The number of carbonyl (C=O) groups is 1. The number of aromatic nitrogens is 3. The summed E-state index contributed by atoms with van der Waals surface area (Å²) in [6.07, 6.45) is 1.34. The maximum atomic E-state index is 11.8. The highest BCUT2D eigenvalue weighted by Crippen LogP contribution is 2.14. The maximum Gasteiger partial charge on any atom is 0.258 e. The highest BCUT2D eigenvalue weighted by molar-refractivity contribution is 14.1. The summed E-state index contributed by atoms with van der Waals surface area (Å²) < 4.78 is 1.06. The quantitative estimate of drug-likeness (QED) is 0.828. The van der Waals surface area contributed by atoms with E-state index in [0.29, 0.717) is 11.5 Å². The van der Waals surface area contributed by atoms with E-state index in [0.717, 1.165) is 9.13 Å². The van der Waals surface area contributed by atoms with Gasteiger partial charge in [-0.1, -0.05) is 6.07 Å². The van der Waals surface area contributed by atoms with Gasteiger partial charge in [0.1, 0.15) is 6.33 Å². The van der Waals surface area contributed by atoms with Gasteiger partial charge in [0.05, 0.1) is 0 Å². The molecule has 16 heavy (non-hydrogen) atoms. The Morgan fingerprint density at radius 1 is 1.50 bits per heavy atom. The second-order valence-electron chi connectivity index (χ2n) is 3.25. The molecule has 0 radical (unpaired) electrons. The van der Waals surface area contributed by atoms with Gasteiger partial charge in [0.15, 0.2) is 0 Å². The summed E-state index contributed by atoms with van der Waals surface area (Å²) in [6, 6.07) is 5.53. The first-order valence-electron chi connectivity index (χ1n) is 4.59. The number of aromatic amines is 1. The molecule has 1 aromatic heterocycles. The lowest BCUT2D eigenvalue weighted by Crippen LogP contribution is -2.13. The van der Waals surface area contributed by atoms with Crippen LogP contribution in [-0.2, 0) is 0 Å². The van der Waals surface area contributed by atoms with Crippen LogP contribution in [0.3, 0.4) is 0 Å². The van der Waals surface area contributed by atoms with Crippen LogP contribution in [0.2, 0.25) is 0 Å². The molecule has 5 nitrogen and oxygen atoms in total. The molecule has 0 spiro atoms. The molecule has 2 rings (SSSR count). The van der Waals surface area contributed by atoms with Gasteiger partial charge in [-0.2, -0.15) is 10.1 Å². The van der Waals surface area contributed by atoms with Crippen LogP contribution in [0.4, 0.5) is 5.95 Å². The second kappa shape index (κ2) is 4.60. The molecule has 0 fully saturated rings. The van der Waals surface area contributed by atoms with Crippen LogP contribution < -0.4 is 5.32 Å². The summed E-state index contributed by atoms with van der Waals surface area (Å²) in [6.45, 7) is 2.00. The van der Waals surface area contributed by atoms with Gasteiger partial charge >= 0.3 is 0 Å². The SMILES string of the molecule is Cc1ccc(C(=O)Nc2ncn[nH]2)cc1I. The Labute approximate surface area is 106 Å². The molecular weight excluding hydrogens is 319 g/mol. The van der Waals surface area contributed by atoms with Crippen LogP contribution in [0.25, 0.3) is 0 Å². The molecule has 0 atom stereocenters. The van der Waals surface area contributed by atoms with Crippen molar-refractivity contribution in [2.75, 3.05) is 5.32 Å². The lowest BCUT2D eigenvalue weighted by atomic mass is 10.1. The van der Waals surface area contributed by atoms with Crippen LogP contribution in [0.15, 0.2) is 24.5 Å². The zero-order chi connectivity index (χ0) is 11.5. The number of hydrogen-bond acceptors (Lipinski definition) is 3. The number of benzene rings is 1. The molecule has 1 heterocycles. The molecule has 0 aliphatic carbocycles. The number of carbonyl (C=O) groups excluding carboxylic acids is 1. The zero-order valence-corrected chi connectivity index (χ0v) is 10.6. The molecule has 2 N–H and O–H groups in total. The molecule has 0 aliphatic rings. The van der Waals surface area contributed by atoms with Crippen LogP contribution in [0.5, 0.6) is 0 Å². The number of nitrogens with one attached hydrogen (secondary N) is 2. The molecule has 2 aromatic rings. The van der Waals surface area contributed by atoms with E-state index in [4.69, 9.17) is 0 Å². The Morgan fingerprint density at radius 2 is 2.31 bits per heavy atom. The zero-order valence-electron chi connectivity index (χ0n) is 8.49. The van der Waals surface area contributed by atoms with Crippen LogP contribution in [-0.4, -0.2) is 21.1 Å². The Hall–Kier alpha value is -1.44. The van der Waals surface area contributed by atoms with Gasteiger partial charge < -0.3 is 0 Å². The average molecular weight is 328 g/mol. The van der Waals surface area contributed by atoms with Crippen molar-refractivity contribution in [3.8, 4) is 0 Å². The topological polar surface area (TPSA) is 70.7 Å². The summed E-state index contributed by atoms with van der Waals surface area (Å²) in [5, 5.41) is 8.83. The number of halogens is 1. The molecule has 0 aliphatic heterocycles. The van der Waals surface area contributed by atoms with Crippen molar-refractivity contribution in [2.24, 2.45) is 0 Å². The maximum absolute atomic E-state index is 11.8. The Bertz CT molecular complexity index is 510. The first kappa shape index (κ1) is 11.1. The van der Waals surface area contributed by atoms with E-state index in [1.54, 1.807) is 6.07 Å².